The van der Waals surface area contributed by atoms with E-state index in [0.717, 1.165) is 19.5 Å². The number of carbonyl (C=O) groups excluding carboxylic acids is 1. The summed E-state index contributed by atoms with van der Waals surface area (Å²) in [6.07, 6.45) is 1.66. The Morgan fingerprint density at radius 2 is 2.33 bits per heavy atom. The lowest BCUT2D eigenvalue weighted by Gasteiger charge is -2.24. The Kier molecular flexibility index (Phi) is 5.05. The molecule has 0 spiro atoms. The Morgan fingerprint density at radius 3 is 2.93 bits per heavy atom. The summed E-state index contributed by atoms with van der Waals surface area (Å²) in [4.78, 5) is 13.5. The van der Waals surface area contributed by atoms with E-state index in [-0.39, 0.29) is 18.6 Å². The Labute approximate surface area is 91.6 Å². The van der Waals surface area contributed by atoms with Crippen molar-refractivity contribution in [2.45, 2.75) is 32.7 Å². The van der Waals surface area contributed by atoms with Gasteiger partial charge in [0.15, 0.2) is 0 Å². The fraction of sp³-hybridized carbons (Fsp3) is 0.909. The highest BCUT2D eigenvalue weighted by Gasteiger charge is 2.30. The van der Waals surface area contributed by atoms with E-state index in [1.807, 2.05) is 6.92 Å². The molecule has 1 saturated heterocycles. The molecule has 1 amide bonds. The van der Waals surface area contributed by atoms with E-state index in [1.165, 1.54) is 0 Å². The van der Waals surface area contributed by atoms with E-state index in [1.54, 1.807) is 0 Å². The molecule has 0 saturated carbocycles. The molecule has 0 aliphatic carbocycles. The lowest BCUT2D eigenvalue weighted by molar-refractivity contribution is -0.121. The maximum Gasteiger partial charge on any atom is 0.221 e. The Hall–Kier alpha value is -0.610. The third-order valence-electron chi connectivity index (χ3n) is 3.18. The van der Waals surface area contributed by atoms with Gasteiger partial charge in [-0.15, -0.1) is 0 Å². The number of aliphatic hydroxyl groups excluding tert-OH is 1. The second-order valence-corrected chi connectivity index (χ2v) is 4.26. The molecule has 1 aliphatic rings. The van der Waals surface area contributed by atoms with Gasteiger partial charge in [-0.1, -0.05) is 6.92 Å². The molecule has 4 heteroatoms. The fourth-order valence-electron chi connectivity index (χ4n) is 2.19. The minimum absolute atomic E-state index is 0.105. The van der Waals surface area contributed by atoms with Gasteiger partial charge < -0.3 is 10.4 Å². The Bertz CT molecular complexity index is 209. The monoisotopic (exact) mass is 214 g/mol. The van der Waals surface area contributed by atoms with Crippen molar-refractivity contribution in [1.29, 1.82) is 0 Å². The molecular formula is C11H22N2O2. The highest BCUT2D eigenvalue weighted by Crippen LogP contribution is 2.23. The zero-order chi connectivity index (χ0) is 11.3. The predicted octanol–water partition coefficient (Wildman–Crippen LogP) is 0.215. The fourth-order valence-corrected chi connectivity index (χ4v) is 2.19. The number of amides is 1. The third kappa shape index (κ3) is 3.47. The van der Waals surface area contributed by atoms with Crippen LogP contribution >= 0.6 is 0 Å². The smallest absolute Gasteiger partial charge is 0.221 e. The summed E-state index contributed by atoms with van der Waals surface area (Å²) in [5.41, 5.74) is 0. The van der Waals surface area contributed by atoms with Crippen LogP contribution in [0.25, 0.3) is 0 Å². The summed E-state index contributed by atoms with van der Waals surface area (Å²) in [6, 6.07) is 0.249. The molecule has 15 heavy (non-hydrogen) atoms. The molecule has 1 heterocycles. The van der Waals surface area contributed by atoms with Crippen LogP contribution < -0.4 is 5.32 Å². The Morgan fingerprint density at radius 1 is 1.60 bits per heavy atom. The molecule has 0 bridgehead atoms. The van der Waals surface area contributed by atoms with E-state index < -0.39 is 0 Å². The number of hydrogen-bond acceptors (Lipinski definition) is 3. The average molecular weight is 214 g/mol. The molecule has 0 radical (unpaired) electrons. The maximum atomic E-state index is 11.3. The standard InChI is InChI=1S/C11H22N2O2/c1-3-12-11(15)5-7-13-6-4-9(2)10(13)8-14/h9-10,14H,3-8H2,1-2H3,(H,12,15). The van der Waals surface area contributed by atoms with Gasteiger partial charge in [0.1, 0.15) is 0 Å². The zero-order valence-corrected chi connectivity index (χ0v) is 9.70. The summed E-state index contributed by atoms with van der Waals surface area (Å²) in [5, 5.41) is 12.0. The van der Waals surface area contributed by atoms with Crippen molar-refractivity contribution >= 4 is 5.91 Å². The molecule has 4 nitrogen and oxygen atoms in total. The summed E-state index contributed by atoms with van der Waals surface area (Å²) in [7, 11) is 0. The molecule has 2 unspecified atom stereocenters. The maximum absolute atomic E-state index is 11.3. The van der Waals surface area contributed by atoms with Crippen LogP contribution in [0.3, 0.4) is 0 Å². The minimum Gasteiger partial charge on any atom is -0.395 e. The molecular weight excluding hydrogens is 192 g/mol. The normalized spacial score (nSPS) is 26.9. The van der Waals surface area contributed by atoms with Crippen LogP contribution in [0.4, 0.5) is 0 Å². The van der Waals surface area contributed by atoms with Gasteiger partial charge in [0.25, 0.3) is 0 Å². The van der Waals surface area contributed by atoms with Gasteiger partial charge in [0.2, 0.25) is 5.91 Å². The van der Waals surface area contributed by atoms with Crippen LogP contribution in [-0.4, -0.2) is 48.2 Å². The SMILES string of the molecule is CCNC(=O)CCN1CCC(C)C1CO. The molecule has 1 fully saturated rings. The lowest BCUT2D eigenvalue weighted by atomic mass is 10.0. The first-order valence-corrected chi connectivity index (χ1v) is 5.80. The highest BCUT2D eigenvalue weighted by molar-refractivity contribution is 5.75. The first-order chi connectivity index (χ1) is 7.19. The molecule has 1 rings (SSSR count). The zero-order valence-electron chi connectivity index (χ0n) is 9.70. The van der Waals surface area contributed by atoms with Gasteiger partial charge in [-0.05, 0) is 25.8 Å². The van der Waals surface area contributed by atoms with E-state index in [0.29, 0.717) is 18.9 Å². The Balaban J connectivity index is 2.29. The number of nitrogens with zero attached hydrogens (tertiary/aromatic N) is 1. The predicted molar refractivity (Wildman–Crippen MR) is 59.5 cm³/mol. The van der Waals surface area contributed by atoms with Gasteiger partial charge in [-0.25, -0.2) is 0 Å². The number of likely N-dealkylation sites (tertiary alicyclic amines) is 1. The van der Waals surface area contributed by atoms with Crippen molar-refractivity contribution in [3.05, 3.63) is 0 Å². The second kappa shape index (κ2) is 6.08. The summed E-state index contributed by atoms with van der Waals surface area (Å²) in [5.74, 6) is 0.651. The molecule has 0 aromatic heterocycles. The molecule has 2 atom stereocenters. The second-order valence-electron chi connectivity index (χ2n) is 4.26. The van der Waals surface area contributed by atoms with Gasteiger partial charge in [0, 0.05) is 25.6 Å². The minimum atomic E-state index is 0.105. The first-order valence-electron chi connectivity index (χ1n) is 5.80. The first kappa shape index (κ1) is 12.5. The van der Waals surface area contributed by atoms with Crippen LogP contribution in [0.5, 0.6) is 0 Å². The third-order valence-corrected chi connectivity index (χ3v) is 3.18. The number of carbonyl (C=O) groups is 1. The molecule has 2 N–H and O–H groups in total. The van der Waals surface area contributed by atoms with Gasteiger partial charge in [0.05, 0.1) is 6.61 Å². The largest absolute Gasteiger partial charge is 0.395 e. The molecule has 0 aromatic rings. The van der Waals surface area contributed by atoms with Crippen molar-refractivity contribution in [2.24, 2.45) is 5.92 Å². The summed E-state index contributed by atoms with van der Waals surface area (Å²) >= 11 is 0. The van der Waals surface area contributed by atoms with Crippen molar-refractivity contribution in [3.63, 3.8) is 0 Å². The van der Waals surface area contributed by atoms with Crippen molar-refractivity contribution in [1.82, 2.24) is 10.2 Å². The molecule has 88 valence electrons. The highest BCUT2D eigenvalue weighted by atomic mass is 16.3. The number of nitrogens with one attached hydrogen (secondary N) is 1. The van der Waals surface area contributed by atoms with E-state index >= 15 is 0 Å². The lowest BCUT2D eigenvalue weighted by Crippen LogP contribution is -2.37. The summed E-state index contributed by atoms with van der Waals surface area (Å²) in [6.45, 7) is 6.75. The van der Waals surface area contributed by atoms with Gasteiger partial charge in [-0.3, -0.25) is 9.69 Å². The number of hydrogen-bond donors (Lipinski definition) is 2. The van der Waals surface area contributed by atoms with Crippen LogP contribution in [0.1, 0.15) is 26.7 Å². The van der Waals surface area contributed by atoms with E-state index in [2.05, 4.69) is 17.1 Å². The van der Waals surface area contributed by atoms with E-state index in [9.17, 15) is 9.90 Å². The van der Waals surface area contributed by atoms with Crippen LogP contribution in [0, 0.1) is 5.92 Å². The van der Waals surface area contributed by atoms with E-state index in [4.69, 9.17) is 0 Å². The number of rotatable bonds is 5. The van der Waals surface area contributed by atoms with Crippen LogP contribution in [0.2, 0.25) is 0 Å². The van der Waals surface area contributed by atoms with Gasteiger partial charge in [-0.2, -0.15) is 0 Å². The van der Waals surface area contributed by atoms with Crippen LogP contribution in [0.15, 0.2) is 0 Å². The molecule has 1 aliphatic heterocycles. The van der Waals surface area contributed by atoms with Crippen molar-refractivity contribution in [3.8, 4) is 0 Å². The summed E-state index contributed by atoms with van der Waals surface area (Å²) < 4.78 is 0. The number of aliphatic hydroxyl groups is 1. The van der Waals surface area contributed by atoms with Crippen molar-refractivity contribution in [2.75, 3.05) is 26.2 Å². The average Bonchev–Trinajstić information content (AvgIpc) is 2.56. The van der Waals surface area contributed by atoms with Crippen molar-refractivity contribution < 1.29 is 9.90 Å². The topological polar surface area (TPSA) is 52.6 Å². The van der Waals surface area contributed by atoms with Gasteiger partial charge >= 0.3 is 0 Å². The quantitative estimate of drug-likeness (QED) is 0.688. The molecule has 0 aromatic carbocycles. The van der Waals surface area contributed by atoms with Crippen LogP contribution in [-0.2, 0) is 4.79 Å².